The molecule has 176 valence electrons. The molecule has 1 aromatic rings. The second kappa shape index (κ2) is 9.25. The van der Waals surface area contributed by atoms with Crippen LogP contribution >= 0.6 is 23.5 Å². The fraction of sp³-hybridized carbons (Fsp3) is 0.500. The zero-order chi connectivity index (χ0) is 23.8. The van der Waals surface area contributed by atoms with Gasteiger partial charge in [-0.15, -0.1) is 0 Å². The van der Waals surface area contributed by atoms with Gasteiger partial charge in [0.05, 0.1) is 12.2 Å². The lowest BCUT2D eigenvalue weighted by molar-refractivity contribution is -0.0541. The van der Waals surface area contributed by atoms with Crippen molar-refractivity contribution in [3.63, 3.8) is 0 Å². The zero-order valence-electron chi connectivity index (χ0n) is 14.8. The minimum absolute atomic E-state index is 0.249. The standard InChI is InChI=1S/C10H16N3O15P3/c11-8-4(2-14)1-13(10(17)12-8)9-7(16)6(15)5(26-9)3-25-30(21,22)28-31(23,24)27-29(18,19)20/h1-2,5-7,9,15-16H,3H2,(H,21,22)(H,23,24)(H2,11,12,17)(H2,18,19,20). The van der Waals surface area contributed by atoms with Crippen LogP contribution in [0.2, 0.25) is 0 Å². The van der Waals surface area contributed by atoms with E-state index in [9.17, 15) is 38.4 Å². The molecule has 1 aliphatic rings. The van der Waals surface area contributed by atoms with Gasteiger partial charge in [0.25, 0.3) is 0 Å². The molecular weight excluding hydrogens is 495 g/mol. The second-order valence-electron chi connectivity index (χ2n) is 5.82. The minimum atomic E-state index is -5.76. The van der Waals surface area contributed by atoms with Gasteiger partial charge >= 0.3 is 29.2 Å². The lowest BCUT2D eigenvalue weighted by atomic mass is 10.1. The molecule has 1 aromatic heterocycles. The number of carbonyl (C=O) groups is 1. The maximum Gasteiger partial charge on any atom is 0.490 e. The summed E-state index contributed by atoms with van der Waals surface area (Å²) >= 11 is 0. The van der Waals surface area contributed by atoms with E-state index < -0.39 is 66.1 Å². The monoisotopic (exact) mass is 511 g/mol. The zero-order valence-corrected chi connectivity index (χ0v) is 17.5. The molecule has 8 N–H and O–H groups in total. The highest BCUT2D eigenvalue weighted by Gasteiger charge is 2.46. The number of aromatic nitrogens is 2. The first kappa shape index (κ1) is 25.9. The number of hydrogen-bond acceptors (Lipinski definition) is 13. The van der Waals surface area contributed by atoms with Crippen LogP contribution in [0, 0.1) is 0 Å². The van der Waals surface area contributed by atoms with E-state index in [0.717, 1.165) is 6.20 Å². The van der Waals surface area contributed by atoms with Crippen molar-refractivity contribution in [3.05, 3.63) is 22.2 Å². The molecule has 18 nitrogen and oxygen atoms in total. The Labute approximate surface area is 171 Å². The third-order valence-corrected chi connectivity index (χ3v) is 7.37. The Morgan fingerprint density at radius 2 is 1.74 bits per heavy atom. The van der Waals surface area contributed by atoms with Crippen molar-refractivity contribution in [2.75, 3.05) is 12.3 Å². The number of phosphoric ester groups is 1. The molecule has 2 rings (SSSR count). The highest BCUT2D eigenvalue weighted by molar-refractivity contribution is 7.66. The first-order valence-corrected chi connectivity index (χ1v) is 12.2. The van der Waals surface area contributed by atoms with Gasteiger partial charge in [0.15, 0.2) is 12.5 Å². The van der Waals surface area contributed by atoms with Crippen LogP contribution in [0.15, 0.2) is 11.0 Å². The lowest BCUT2D eigenvalue weighted by Gasteiger charge is -2.19. The molecule has 0 aromatic carbocycles. The van der Waals surface area contributed by atoms with E-state index in [0.29, 0.717) is 4.57 Å². The molecule has 0 saturated carbocycles. The quantitative estimate of drug-likeness (QED) is 0.134. The van der Waals surface area contributed by atoms with Gasteiger partial charge < -0.3 is 40.3 Å². The smallest absolute Gasteiger partial charge is 0.387 e. The SMILES string of the molecule is Nc1nc(=O)n(C2OC(COP(=O)(O)OP(=O)(O)OP(=O)(O)O)C(O)C2O)cc1C=O. The van der Waals surface area contributed by atoms with Gasteiger partial charge in [-0.05, 0) is 0 Å². The largest absolute Gasteiger partial charge is 0.490 e. The van der Waals surface area contributed by atoms with Crippen LogP contribution in [0.1, 0.15) is 16.6 Å². The number of rotatable bonds is 9. The molecule has 1 fully saturated rings. The molecule has 1 aliphatic heterocycles. The van der Waals surface area contributed by atoms with Crippen molar-refractivity contribution < 1.29 is 66.2 Å². The van der Waals surface area contributed by atoms with Crippen LogP contribution in [0.5, 0.6) is 0 Å². The number of nitrogens with two attached hydrogens (primary N) is 1. The molecule has 0 aliphatic carbocycles. The number of aliphatic hydroxyl groups is 2. The van der Waals surface area contributed by atoms with Crippen LogP contribution in [0.4, 0.5) is 5.82 Å². The third-order valence-electron chi connectivity index (χ3n) is 3.57. The summed E-state index contributed by atoms with van der Waals surface area (Å²) in [5.41, 5.74) is 4.04. The molecule has 21 heteroatoms. The van der Waals surface area contributed by atoms with Gasteiger partial charge in [-0.25, -0.2) is 18.5 Å². The average Bonchev–Trinajstić information content (AvgIpc) is 2.85. The molecule has 1 saturated heterocycles. The molecule has 6 unspecified atom stereocenters. The number of nitrogens with zero attached hydrogens (tertiary/aromatic N) is 2. The van der Waals surface area contributed by atoms with Crippen molar-refractivity contribution in [1.29, 1.82) is 0 Å². The number of anilines is 1. The maximum absolute atomic E-state index is 12.0. The Morgan fingerprint density at radius 1 is 1.13 bits per heavy atom. The summed E-state index contributed by atoms with van der Waals surface area (Å²) in [7, 11) is -16.9. The molecular formula is C10H16N3O15P3. The Kier molecular flexibility index (Phi) is 7.73. The maximum atomic E-state index is 12.0. The van der Waals surface area contributed by atoms with Crippen molar-refractivity contribution in [3.8, 4) is 0 Å². The highest BCUT2D eigenvalue weighted by atomic mass is 31.3. The van der Waals surface area contributed by atoms with E-state index in [4.69, 9.17) is 25.2 Å². The molecule has 0 radical (unpaired) electrons. The summed E-state index contributed by atoms with van der Waals surface area (Å²) in [4.78, 5) is 61.6. The van der Waals surface area contributed by atoms with Crippen LogP contribution in [-0.2, 0) is 31.6 Å². The van der Waals surface area contributed by atoms with Gasteiger partial charge in [0.2, 0.25) is 0 Å². The van der Waals surface area contributed by atoms with E-state index >= 15 is 0 Å². The number of ether oxygens (including phenoxy) is 1. The molecule has 0 amide bonds. The van der Waals surface area contributed by atoms with Crippen LogP contribution in [0.3, 0.4) is 0 Å². The van der Waals surface area contributed by atoms with Crippen LogP contribution in [-0.4, -0.2) is 70.5 Å². The van der Waals surface area contributed by atoms with Crippen LogP contribution in [0.25, 0.3) is 0 Å². The number of hydrogen-bond donors (Lipinski definition) is 7. The average molecular weight is 511 g/mol. The molecule has 6 atom stereocenters. The van der Waals surface area contributed by atoms with Gasteiger partial charge in [0, 0.05) is 6.20 Å². The van der Waals surface area contributed by atoms with Gasteiger partial charge in [-0.3, -0.25) is 13.9 Å². The number of carbonyl (C=O) groups excluding carboxylic acids is 1. The fourth-order valence-corrected chi connectivity index (χ4v) is 5.37. The molecule has 2 heterocycles. The molecule has 0 bridgehead atoms. The predicted molar refractivity (Wildman–Crippen MR) is 94.0 cm³/mol. The summed E-state index contributed by atoms with van der Waals surface area (Å²) in [6.45, 7) is -1.09. The van der Waals surface area contributed by atoms with Crippen molar-refractivity contribution in [2.45, 2.75) is 24.5 Å². The fourth-order valence-electron chi connectivity index (χ4n) is 2.34. The minimum Gasteiger partial charge on any atom is -0.387 e. The Balaban J connectivity index is 2.12. The summed E-state index contributed by atoms with van der Waals surface area (Å²) in [6, 6.07) is 0. The van der Waals surface area contributed by atoms with Crippen molar-refractivity contribution in [2.24, 2.45) is 0 Å². The van der Waals surface area contributed by atoms with Crippen LogP contribution < -0.4 is 11.4 Å². The summed E-state index contributed by atoms with van der Waals surface area (Å²) in [5, 5.41) is 20.1. The van der Waals surface area contributed by atoms with Crippen molar-refractivity contribution in [1.82, 2.24) is 9.55 Å². The summed E-state index contributed by atoms with van der Waals surface area (Å²) in [5.74, 6) is -0.409. The van der Waals surface area contributed by atoms with E-state index in [2.05, 4.69) is 18.1 Å². The van der Waals surface area contributed by atoms with E-state index in [1.165, 1.54) is 0 Å². The highest BCUT2D eigenvalue weighted by Crippen LogP contribution is 2.66. The van der Waals surface area contributed by atoms with Gasteiger partial charge in [0.1, 0.15) is 24.1 Å². The summed E-state index contributed by atoms with van der Waals surface area (Å²) < 4.78 is 50.7. The van der Waals surface area contributed by atoms with E-state index in [-0.39, 0.29) is 11.8 Å². The third kappa shape index (κ3) is 6.81. The van der Waals surface area contributed by atoms with E-state index in [1.807, 2.05) is 0 Å². The first-order chi connectivity index (χ1) is 14.1. The lowest BCUT2D eigenvalue weighted by Crippen LogP contribution is -2.36. The van der Waals surface area contributed by atoms with Crippen molar-refractivity contribution >= 4 is 35.6 Å². The Hall–Kier alpha value is -1.36. The Bertz CT molecular complexity index is 1040. The van der Waals surface area contributed by atoms with E-state index in [1.54, 1.807) is 0 Å². The number of aliphatic hydroxyl groups excluding tert-OH is 2. The normalized spacial score (nSPS) is 28.1. The Morgan fingerprint density at radius 3 is 2.29 bits per heavy atom. The summed E-state index contributed by atoms with van der Waals surface area (Å²) in [6.07, 6.45) is -5.83. The predicted octanol–water partition coefficient (Wildman–Crippen LogP) is -2.40. The topological polar surface area (TPSA) is 287 Å². The van der Waals surface area contributed by atoms with Gasteiger partial charge in [-0.1, -0.05) is 0 Å². The molecule has 0 spiro atoms. The molecule has 31 heavy (non-hydrogen) atoms. The second-order valence-corrected chi connectivity index (χ2v) is 10.2. The number of phosphoric acid groups is 3. The first-order valence-electron chi connectivity index (χ1n) is 7.69. The number of aldehydes is 1. The number of nitrogen functional groups attached to an aromatic ring is 1. The van der Waals surface area contributed by atoms with Gasteiger partial charge in [-0.2, -0.15) is 13.6 Å².